The van der Waals surface area contributed by atoms with Gasteiger partial charge in [-0.25, -0.2) is 8.78 Å². The monoisotopic (exact) mass is 290 g/mol. The summed E-state index contributed by atoms with van der Waals surface area (Å²) < 4.78 is 26.5. The predicted octanol–water partition coefficient (Wildman–Crippen LogP) is 3.96. The van der Waals surface area contributed by atoms with Crippen molar-refractivity contribution < 1.29 is 8.78 Å². The van der Waals surface area contributed by atoms with Crippen LogP contribution in [0.25, 0.3) is 0 Å². The van der Waals surface area contributed by atoms with Crippen molar-refractivity contribution in [1.82, 2.24) is 4.90 Å². The van der Waals surface area contributed by atoms with Crippen LogP contribution in [-0.4, -0.2) is 11.4 Å². The molecule has 0 unspecified atom stereocenters. The van der Waals surface area contributed by atoms with Crippen molar-refractivity contribution in [2.24, 2.45) is 0 Å². The molecular formula is C17H20F2N2. The SMILES string of the molecule is CCCN(Cc1cccc(N)c1)Cc1cc(F)cc(F)c1. The zero-order valence-electron chi connectivity index (χ0n) is 12.2. The van der Waals surface area contributed by atoms with Gasteiger partial charge in [-0.1, -0.05) is 19.1 Å². The molecule has 0 spiro atoms. The standard InChI is InChI=1S/C17H20F2N2/c1-2-6-21(11-13-4-3-5-17(20)9-13)12-14-7-15(18)10-16(19)8-14/h3-5,7-10H,2,6,11-12,20H2,1H3. The summed E-state index contributed by atoms with van der Waals surface area (Å²) in [6.45, 7) is 4.15. The normalized spacial score (nSPS) is 11.0. The van der Waals surface area contributed by atoms with Gasteiger partial charge >= 0.3 is 0 Å². The van der Waals surface area contributed by atoms with E-state index >= 15 is 0 Å². The number of benzene rings is 2. The molecule has 112 valence electrons. The Morgan fingerprint density at radius 1 is 0.952 bits per heavy atom. The first-order valence-electron chi connectivity index (χ1n) is 7.08. The van der Waals surface area contributed by atoms with E-state index in [9.17, 15) is 8.78 Å². The Morgan fingerprint density at radius 2 is 1.62 bits per heavy atom. The lowest BCUT2D eigenvalue weighted by molar-refractivity contribution is 0.256. The first kappa shape index (κ1) is 15.4. The number of nitrogens with two attached hydrogens (primary N) is 1. The van der Waals surface area contributed by atoms with E-state index < -0.39 is 11.6 Å². The van der Waals surface area contributed by atoms with Crippen molar-refractivity contribution in [3.63, 3.8) is 0 Å². The molecule has 2 N–H and O–H groups in total. The Morgan fingerprint density at radius 3 is 2.24 bits per heavy atom. The summed E-state index contributed by atoms with van der Waals surface area (Å²) in [6.07, 6.45) is 0.972. The summed E-state index contributed by atoms with van der Waals surface area (Å²) >= 11 is 0. The van der Waals surface area contributed by atoms with Crippen LogP contribution >= 0.6 is 0 Å². The first-order valence-corrected chi connectivity index (χ1v) is 7.08. The van der Waals surface area contributed by atoms with Crippen LogP contribution in [0.4, 0.5) is 14.5 Å². The summed E-state index contributed by atoms with van der Waals surface area (Å²) in [5.41, 5.74) is 8.25. The van der Waals surface area contributed by atoms with Gasteiger partial charge in [0.05, 0.1) is 0 Å². The molecule has 0 radical (unpaired) electrons. The van der Waals surface area contributed by atoms with E-state index in [1.807, 2.05) is 24.3 Å². The highest BCUT2D eigenvalue weighted by Gasteiger charge is 2.08. The Kier molecular flexibility index (Phi) is 5.28. The zero-order valence-corrected chi connectivity index (χ0v) is 12.2. The van der Waals surface area contributed by atoms with Gasteiger partial charge in [-0.05, 0) is 48.4 Å². The number of hydrogen-bond donors (Lipinski definition) is 1. The maximum absolute atomic E-state index is 13.3. The summed E-state index contributed by atoms with van der Waals surface area (Å²) in [7, 11) is 0. The number of anilines is 1. The van der Waals surface area contributed by atoms with Crippen molar-refractivity contribution in [3.8, 4) is 0 Å². The van der Waals surface area contributed by atoms with Crippen LogP contribution in [-0.2, 0) is 13.1 Å². The van der Waals surface area contributed by atoms with E-state index in [2.05, 4.69) is 11.8 Å². The van der Waals surface area contributed by atoms with Crippen molar-refractivity contribution in [2.75, 3.05) is 12.3 Å². The molecular weight excluding hydrogens is 270 g/mol. The number of rotatable bonds is 6. The molecule has 2 nitrogen and oxygen atoms in total. The first-order chi connectivity index (χ1) is 10.1. The molecule has 2 aromatic rings. The van der Waals surface area contributed by atoms with Gasteiger partial charge in [0.25, 0.3) is 0 Å². The van der Waals surface area contributed by atoms with Crippen LogP contribution < -0.4 is 5.73 Å². The lowest BCUT2D eigenvalue weighted by Crippen LogP contribution is -2.23. The average molecular weight is 290 g/mol. The Bertz CT molecular complexity index is 579. The molecule has 0 fully saturated rings. The smallest absolute Gasteiger partial charge is 0.126 e. The van der Waals surface area contributed by atoms with Gasteiger partial charge in [0, 0.05) is 24.8 Å². The van der Waals surface area contributed by atoms with Crippen LogP contribution in [0, 0.1) is 11.6 Å². The quantitative estimate of drug-likeness (QED) is 0.816. The fourth-order valence-electron chi connectivity index (χ4n) is 2.44. The van der Waals surface area contributed by atoms with Gasteiger partial charge in [-0.3, -0.25) is 4.90 Å². The van der Waals surface area contributed by atoms with Gasteiger partial charge in [0.2, 0.25) is 0 Å². The predicted molar refractivity (Wildman–Crippen MR) is 81.6 cm³/mol. The largest absolute Gasteiger partial charge is 0.399 e. The summed E-state index contributed by atoms with van der Waals surface area (Å²) in [5, 5.41) is 0. The second-order valence-corrected chi connectivity index (χ2v) is 5.23. The molecule has 2 aromatic carbocycles. The van der Waals surface area contributed by atoms with Crippen molar-refractivity contribution in [1.29, 1.82) is 0 Å². The van der Waals surface area contributed by atoms with Crippen LogP contribution in [0.1, 0.15) is 24.5 Å². The minimum absolute atomic E-state index is 0.511. The Balaban J connectivity index is 2.11. The minimum Gasteiger partial charge on any atom is -0.399 e. The molecule has 0 amide bonds. The number of hydrogen-bond acceptors (Lipinski definition) is 2. The van der Waals surface area contributed by atoms with E-state index in [1.54, 1.807) is 0 Å². The fourth-order valence-corrected chi connectivity index (χ4v) is 2.44. The summed E-state index contributed by atoms with van der Waals surface area (Å²) in [5.74, 6) is -1.07. The molecule has 2 rings (SSSR count). The number of nitrogen functional groups attached to an aromatic ring is 1. The molecule has 21 heavy (non-hydrogen) atoms. The molecule has 0 bridgehead atoms. The molecule has 0 heterocycles. The molecule has 0 aliphatic carbocycles. The highest BCUT2D eigenvalue weighted by atomic mass is 19.1. The molecule has 0 atom stereocenters. The third-order valence-electron chi connectivity index (χ3n) is 3.23. The van der Waals surface area contributed by atoms with E-state index in [-0.39, 0.29) is 0 Å². The Labute approximate surface area is 124 Å². The lowest BCUT2D eigenvalue weighted by atomic mass is 10.1. The van der Waals surface area contributed by atoms with Crippen LogP contribution in [0.3, 0.4) is 0 Å². The zero-order chi connectivity index (χ0) is 15.2. The van der Waals surface area contributed by atoms with Gasteiger partial charge in [-0.2, -0.15) is 0 Å². The van der Waals surface area contributed by atoms with Gasteiger partial charge < -0.3 is 5.73 Å². The molecule has 4 heteroatoms. The van der Waals surface area contributed by atoms with Gasteiger partial charge in [-0.15, -0.1) is 0 Å². The molecule has 0 saturated carbocycles. The maximum atomic E-state index is 13.3. The van der Waals surface area contributed by atoms with Gasteiger partial charge in [0.1, 0.15) is 11.6 Å². The highest BCUT2D eigenvalue weighted by molar-refractivity contribution is 5.40. The summed E-state index contributed by atoms with van der Waals surface area (Å²) in [4.78, 5) is 2.16. The van der Waals surface area contributed by atoms with E-state index in [0.29, 0.717) is 18.7 Å². The lowest BCUT2D eigenvalue weighted by Gasteiger charge is -2.22. The average Bonchev–Trinajstić information content (AvgIpc) is 2.37. The molecule has 0 saturated heterocycles. The van der Waals surface area contributed by atoms with Crippen molar-refractivity contribution >= 4 is 5.69 Å². The van der Waals surface area contributed by atoms with Crippen molar-refractivity contribution in [2.45, 2.75) is 26.4 Å². The molecule has 0 aliphatic heterocycles. The summed E-state index contributed by atoms with van der Waals surface area (Å²) in [6, 6.07) is 11.3. The second-order valence-electron chi connectivity index (χ2n) is 5.23. The number of nitrogens with zero attached hydrogens (tertiary/aromatic N) is 1. The van der Waals surface area contributed by atoms with Crippen LogP contribution in [0.5, 0.6) is 0 Å². The maximum Gasteiger partial charge on any atom is 0.126 e. The number of halogens is 2. The van der Waals surface area contributed by atoms with E-state index in [1.165, 1.54) is 12.1 Å². The minimum atomic E-state index is -0.537. The van der Waals surface area contributed by atoms with Gasteiger partial charge in [0.15, 0.2) is 0 Å². The fraction of sp³-hybridized carbons (Fsp3) is 0.294. The highest BCUT2D eigenvalue weighted by Crippen LogP contribution is 2.15. The topological polar surface area (TPSA) is 29.3 Å². The van der Waals surface area contributed by atoms with Crippen LogP contribution in [0.15, 0.2) is 42.5 Å². The van der Waals surface area contributed by atoms with Crippen molar-refractivity contribution in [3.05, 3.63) is 65.2 Å². The third kappa shape index (κ3) is 4.83. The van der Waals surface area contributed by atoms with E-state index in [0.717, 1.165) is 30.3 Å². The Hall–Kier alpha value is -1.94. The van der Waals surface area contributed by atoms with E-state index in [4.69, 9.17) is 5.73 Å². The molecule has 0 aromatic heterocycles. The molecule has 0 aliphatic rings. The third-order valence-corrected chi connectivity index (χ3v) is 3.23. The van der Waals surface area contributed by atoms with Crippen LogP contribution in [0.2, 0.25) is 0 Å². The second kappa shape index (κ2) is 7.18.